The highest BCUT2D eigenvalue weighted by atomic mass is 16.3. The zero-order valence-corrected chi connectivity index (χ0v) is 13.2. The average Bonchev–Trinajstić information content (AvgIpc) is 2.62. The quantitative estimate of drug-likeness (QED) is 0.612. The Morgan fingerprint density at radius 1 is 0.895 bits per heavy atom. The lowest BCUT2D eigenvalue weighted by atomic mass is 9.97. The fourth-order valence-electron chi connectivity index (χ4n) is 2.82. The molecule has 0 aliphatic heterocycles. The van der Waals surface area contributed by atoms with E-state index in [4.69, 9.17) is 10.2 Å². The molecule has 2 heteroatoms. The van der Waals surface area contributed by atoms with E-state index >= 15 is 0 Å². The topological polar surface area (TPSA) is 39.2 Å². The molecule has 0 amide bonds. The molecule has 0 aliphatic carbocycles. The predicted molar refractivity (Wildman–Crippen MR) is 82.5 cm³/mol. The monoisotopic (exact) mass is 265 g/mol. The lowest BCUT2D eigenvalue weighted by Crippen LogP contribution is -2.11. The van der Waals surface area contributed by atoms with E-state index in [2.05, 4.69) is 13.8 Å². The van der Waals surface area contributed by atoms with Crippen LogP contribution in [0.15, 0.2) is 4.42 Å². The fourth-order valence-corrected chi connectivity index (χ4v) is 2.82. The number of hydrogen-bond acceptors (Lipinski definition) is 2. The molecule has 1 atom stereocenters. The molecular weight excluding hydrogens is 234 g/mol. The molecule has 1 heterocycles. The van der Waals surface area contributed by atoms with Crippen molar-refractivity contribution in [2.75, 3.05) is 0 Å². The maximum absolute atomic E-state index is 6.31. The highest BCUT2D eigenvalue weighted by Gasteiger charge is 2.17. The fraction of sp³-hybridized carbons (Fsp3) is 0.765. The van der Waals surface area contributed by atoms with Crippen molar-refractivity contribution in [3.05, 3.63) is 22.6 Å². The molecule has 1 aromatic rings. The van der Waals surface area contributed by atoms with Crippen LogP contribution in [-0.2, 0) is 0 Å². The summed E-state index contributed by atoms with van der Waals surface area (Å²) in [6, 6.07) is 0.146. The first-order valence-corrected chi connectivity index (χ1v) is 7.90. The summed E-state index contributed by atoms with van der Waals surface area (Å²) in [5.41, 5.74) is 8.80. The van der Waals surface area contributed by atoms with Crippen LogP contribution >= 0.6 is 0 Å². The van der Waals surface area contributed by atoms with Crippen LogP contribution in [0.4, 0.5) is 0 Å². The average molecular weight is 265 g/mol. The first-order chi connectivity index (χ1) is 9.07. The molecular formula is C17H31NO. The van der Waals surface area contributed by atoms with E-state index in [9.17, 15) is 0 Å². The summed E-state index contributed by atoms with van der Waals surface area (Å²) in [6.07, 6.45) is 10.5. The minimum Gasteiger partial charge on any atom is -0.466 e. The van der Waals surface area contributed by atoms with Gasteiger partial charge in [-0.15, -0.1) is 0 Å². The van der Waals surface area contributed by atoms with E-state index in [-0.39, 0.29) is 6.04 Å². The third-order valence-corrected chi connectivity index (χ3v) is 4.11. The third-order valence-electron chi connectivity index (χ3n) is 4.11. The van der Waals surface area contributed by atoms with Gasteiger partial charge in [0.15, 0.2) is 0 Å². The van der Waals surface area contributed by atoms with E-state index in [1.54, 1.807) is 0 Å². The Morgan fingerprint density at radius 3 is 2.00 bits per heavy atom. The molecule has 2 N–H and O–H groups in total. The Morgan fingerprint density at radius 2 is 1.47 bits per heavy atom. The van der Waals surface area contributed by atoms with Gasteiger partial charge in [0.1, 0.15) is 11.5 Å². The number of nitrogens with two attached hydrogens (primary N) is 1. The zero-order chi connectivity index (χ0) is 14.3. The number of hydrogen-bond donors (Lipinski definition) is 1. The van der Waals surface area contributed by atoms with E-state index in [1.807, 2.05) is 13.8 Å². The Labute approximate surface area is 118 Å². The molecule has 19 heavy (non-hydrogen) atoms. The molecule has 0 spiro atoms. The van der Waals surface area contributed by atoms with Crippen molar-refractivity contribution in [1.82, 2.24) is 0 Å². The van der Waals surface area contributed by atoms with Crippen LogP contribution in [0.2, 0.25) is 0 Å². The Hall–Kier alpha value is -0.760. The summed E-state index contributed by atoms with van der Waals surface area (Å²) < 4.78 is 5.66. The van der Waals surface area contributed by atoms with Crippen LogP contribution in [0.25, 0.3) is 0 Å². The van der Waals surface area contributed by atoms with Crippen molar-refractivity contribution in [2.24, 2.45) is 5.73 Å². The second-order valence-corrected chi connectivity index (χ2v) is 5.77. The molecule has 0 saturated carbocycles. The van der Waals surface area contributed by atoms with Crippen molar-refractivity contribution < 1.29 is 4.42 Å². The smallest absolute Gasteiger partial charge is 0.106 e. The van der Waals surface area contributed by atoms with Crippen LogP contribution in [0.3, 0.4) is 0 Å². The number of unbranched alkanes of at least 4 members (excludes halogenated alkanes) is 6. The van der Waals surface area contributed by atoms with Crippen molar-refractivity contribution in [2.45, 2.75) is 85.1 Å². The molecule has 0 aromatic carbocycles. The van der Waals surface area contributed by atoms with Gasteiger partial charge in [-0.3, -0.25) is 0 Å². The predicted octanol–water partition coefficient (Wildman–Crippen LogP) is 5.35. The maximum atomic E-state index is 6.31. The lowest BCUT2D eigenvalue weighted by Gasteiger charge is -2.12. The molecule has 0 saturated heterocycles. The minimum atomic E-state index is 0.146. The highest BCUT2D eigenvalue weighted by Crippen LogP contribution is 2.28. The molecule has 1 aromatic heterocycles. The van der Waals surface area contributed by atoms with Gasteiger partial charge < -0.3 is 10.2 Å². The standard InChI is InChI=1S/C17H31NO/c1-5-6-7-8-9-10-11-12-16(18)17-13(2)14(3)19-15(17)4/h16H,5-12,18H2,1-4H3. The normalized spacial score (nSPS) is 12.9. The number of furan rings is 1. The zero-order valence-electron chi connectivity index (χ0n) is 13.2. The molecule has 0 fully saturated rings. The first kappa shape index (κ1) is 16.3. The van der Waals surface area contributed by atoms with E-state index in [0.717, 1.165) is 17.9 Å². The van der Waals surface area contributed by atoms with E-state index in [1.165, 1.54) is 56.1 Å². The molecule has 0 aliphatic rings. The molecule has 2 nitrogen and oxygen atoms in total. The summed E-state index contributed by atoms with van der Waals surface area (Å²) in [4.78, 5) is 0. The van der Waals surface area contributed by atoms with Gasteiger partial charge in [-0.2, -0.15) is 0 Å². The minimum absolute atomic E-state index is 0.146. The van der Waals surface area contributed by atoms with E-state index < -0.39 is 0 Å². The maximum Gasteiger partial charge on any atom is 0.106 e. The van der Waals surface area contributed by atoms with Crippen molar-refractivity contribution in [3.63, 3.8) is 0 Å². The Bertz CT molecular complexity index is 368. The highest BCUT2D eigenvalue weighted by molar-refractivity contribution is 5.33. The van der Waals surface area contributed by atoms with Crippen molar-refractivity contribution >= 4 is 0 Å². The second kappa shape index (κ2) is 8.42. The first-order valence-electron chi connectivity index (χ1n) is 7.90. The van der Waals surface area contributed by atoms with Gasteiger partial charge in [0.2, 0.25) is 0 Å². The van der Waals surface area contributed by atoms with Crippen molar-refractivity contribution in [1.29, 1.82) is 0 Å². The van der Waals surface area contributed by atoms with Crippen LogP contribution in [0.1, 0.15) is 87.0 Å². The van der Waals surface area contributed by atoms with Crippen LogP contribution < -0.4 is 5.73 Å². The van der Waals surface area contributed by atoms with Crippen LogP contribution in [0, 0.1) is 20.8 Å². The van der Waals surface area contributed by atoms with Gasteiger partial charge in [-0.05, 0) is 32.8 Å². The van der Waals surface area contributed by atoms with Gasteiger partial charge >= 0.3 is 0 Å². The summed E-state index contributed by atoms with van der Waals surface area (Å²) in [5, 5.41) is 0. The second-order valence-electron chi connectivity index (χ2n) is 5.77. The lowest BCUT2D eigenvalue weighted by molar-refractivity contribution is 0.490. The van der Waals surface area contributed by atoms with Gasteiger partial charge in [-0.25, -0.2) is 0 Å². The largest absolute Gasteiger partial charge is 0.466 e. The van der Waals surface area contributed by atoms with Gasteiger partial charge in [0.05, 0.1) is 0 Å². The third kappa shape index (κ3) is 5.02. The van der Waals surface area contributed by atoms with Crippen LogP contribution in [0.5, 0.6) is 0 Å². The van der Waals surface area contributed by atoms with Gasteiger partial charge in [-0.1, -0.05) is 51.9 Å². The van der Waals surface area contributed by atoms with Gasteiger partial charge in [0, 0.05) is 11.6 Å². The van der Waals surface area contributed by atoms with E-state index in [0.29, 0.717) is 0 Å². The molecule has 110 valence electrons. The Balaban J connectivity index is 2.26. The number of rotatable bonds is 9. The van der Waals surface area contributed by atoms with Crippen LogP contribution in [-0.4, -0.2) is 0 Å². The van der Waals surface area contributed by atoms with Gasteiger partial charge in [0.25, 0.3) is 0 Å². The summed E-state index contributed by atoms with van der Waals surface area (Å²) in [7, 11) is 0. The summed E-state index contributed by atoms with van der Waals surface area (Å²) in [5.74, 6) is 2.02. The molecule has 0 bridgehead atoms. The summed E-state index contributed by atoms with van der Waals surface area (Å²) in [6.45, 7) is 8.43. The molecule has 1 rings (SSSR count). The van der Waals surface area contributed by atoms with Crippen molar-refractivity contribution in [3.8, 4) is 0 Å². The molecule has 1 unspecified atom stereocenters. The summed E-state index contributed by atoms with van der Waals surface area (Å²) >= 11 is 0. The SMILES string of the molecule is CCCCCCCCCC(N)c1c(C)oc(C)c1C. The Kier molecular flexibility index (Phi) is 7.22. The molecule has 0 radical (unpaired) electrons. The number of aryl methyl sites for hydroxylation is 2.